The van der Waals surface area contributed by atoms with Crippen LogP contribution in [0.3, 0.4) is 0 Å². The Labute approximate surface area is 190 Å². The zero-order chi connectivity index (χ0) is 22.8. The number of hydrazine groups is 1. The minimum atomic E-state index is -0.102. The summed E-state index contributed by atoms with van der Waals surface area (Å²) < 4.78 is 6.02. The summed E-state index contributed by atoms with van der Waals surface area (Å²) in [6, 6.07) is 2.50. The number of nitrogens with one attached hydrogen (secondary N) is 1. The minimum Gasteiger partial charge on any atom is -0.446 e. The molecule has 5 unspecified atom stereocenters. The highest BCUT2D eigenvalue weighted by atomic mass is 16.6. The second-order valence-corrected chi connectivity index (χ2v) is 10.2. The van der Waals surface area contributed by atoms with E-state index in [1.807, 2.05) is 0 Å². The van der Waals surface area contributed by atoms with Gasteiger partial charge in [0.1, 0.15) is 6.10 Å². The van der Waals surface area contributed by atoms with Gasteiger partial charge in [-0.15, -0.1) is 0 Å². The van der Waals surface area contributed by atoms with Gasteiger partial charge in [0.2, 0.25) is 0 Å². The third kappa shape index (κ3) is 7.95. The molecular formula is C25H46N4O2. The number of hydrogen-bond donors (Lipinski definition) is 1. The molecule has 0 aromatic rings. The molecule has 0 bridgehead atoms. The highest BCUT2D eigenvalue weighted by Gasteiger charge is 2.40. The highest BCUT2D eigenvalue weighted by molar-refractivity contribution is 5.68. The van der Waals surface area contributed by atoms with E-state index in [4.69, 9.17) is 10.00 Å². The lowest BCUT2D eigenvalue weighted by Gasteiger charge is -2.43. The van der Waals surface area contributed by atoms with E-state index in [2.05, 4.69) is 56.0 Å². The molecule has 31 heavy (non-hydrogen) atoms. The van der Waals surface area contributed by atoms with E-state index in [1.165, 1.54) is 12.8 Å². The molecule has 1 aliphatic heterocycles. The van der Waals surface area contributed by atoms with Gasteiger partial charge in [-0.2, -0.15) is 5.26 Å². The summed E-state index contributed by atoms with van der Waals surface area (Å²) in [5.41, 5.74) is 3.48. The molecule has 2 fully saturated rings. The van der Waals surface area contributed by atoms with Crippen molar-refractivity contribution in [2.45, 2.75) is 98.1 Å². The molecule has 1 saturated carbocycles. The normalized spacial score (nSPS) is 27.8. The zero-order valence-electron chi connectivity index (χ0n) is 20.6. The van der Waals surface area contributed by atoms with Crippen LogP contribution in [0.15, 0.2) is 0 Å². The predicted octanol–water partition coefficient (Wildman–Crippen LogP) is 5.20. The van der Waals surface area contributed by atoms with E-state index in [0.717, 1.165) is 58.3 Å². The molecule has 6 nitrogen and oxygen atoms in total. The van der Waals surface area contributed by atoms with E-state index >= 15 is 0 Å². The average Bonchev–Trinajstić information content (AvgIpc) is 3.22. The lowest BCUT2D eigenvalue weighted by Crippen LogP contribution is -2.50. The van der Waals surface area contributed by atoms with Gasteiger partial charge in [-0.05, 0) is 55.8 Å². The number of amides is 1. The summed E-state index contributed by atoms with van der Waals surface area (Å²) in [4.78, 5) is 15.4. The topological polar surface area (TPSA) is 68.6 Å². The van der Waals surface area contributed by atoms with Gasteiger partial charge in [0, 0.05) is 38.6 Å². The summed E-state index contributed by atoms with van der Waals surface area (Å²) in [6.45, 7) is 14.5. The van der Waals surface area contributed by atoms with Gasteiger partial charge in [0.25, 0.3) is 0 Å². The molecule has 0 spiro atoms. The van der Waals surface area contributed by atoms with E-state index in [1.54, 1.807) is 0 Å². The van der Waals surface area contributed by atoms with Gasteiger partial charge in [0.15, 0.2) is 0 Å². The molecule has 1 aliphatic carbocycles. The van der Waals surface area contributed by atoms with Crippen molar-refractivity contribution in [1.29, 1.82) is 5.26 Å². The third-order valence-corrected chi connectivity index (χ3v) is 7.19. The van der Waals surface area contributed by atoms with Crippen LogP contribution in [0.5, 0.6) is 0 Å². The fourth-order valence-electron chi connectivity index (χ4n) is 5.25. The lowest BCUT2D eigenvalue weighted by molar-refractivity contribution is 0.0155. The van der Waals surface area contributed by atoms with Gasteiger partial charge in [-0.1, -0.05) is 47.5 Å². The standard InChI is InChI=1S/C25H46N4O2/c1-6-8-10-23(7-2)31-25(30)29(17-19(3)4)24-15-21(12-11-20(24)5)22-16-27-28(18-22)14-9-13-26/h19-24,27H,6-12,14-18H2,1-5H3. The first-order valence-corrected chi connectivity index (χ1v) is 12.7. The lowest BCUT2D eigenvalue weighted by atomic mass is 9.73. The van der Waals surface area contributed by atoms with Crippen LogP contribution < -0.4 is 5.43 Å². The van der Waals surface area contributed by atoms with Crippen LogP contribution in [0, 0.1) is 35.0 Å². The Morgan fingerprint density at radius 3 is 2.71 bits per heavy atom. The molecule has 0 aromatic carbocycles. The second kappa shape index (κ2) is 13.3. The first kappa shape index (κ1) is 25.9. The Hall–Kier alpha value is -1.32. The summed E-state index contributed by atoms with van der Waals surface area (Å²) in [7, 11) is 0. The molecule has 1 N–H and O–H groups in total. The monoisotopic (exact) mass is 434 g/mol. The number of nitrogens with zero attached hydrogens (tertiary/aromatic N) is 3. The number of carbonyl (C=O) groups is 1. The fraction of sp³-hybridized carbons (Fsp3) is 0.920. The van der Waals surface area contributed by atoms with Crippen molar-refractivity contribution >= 4 is 6.09 Å². The predicted molar refractivity (Wildman–Crippen MR) is 125 cm³/mol. The Balaban J connectivity index is 2.04. The van der Waals surface area contributed by atoms with Crippen LogP contribution in [0.2, 0.25) is 0 Å². The van der Waals surface area contributed by atoms with E-state index < -0.39 is 0 Å². The van der Waals surface area contributed by atoms with Crippen molar-refractivity contribution in [1.82, 2.24) is 15.3 Å². The number of hydrogen-bond acceptors (Lipinski definition) is 5. The molecule has 1 heterocycles. The van der Waals surface area contributed by atoms with Gasteiger partial charge >= 0.3 is 6.09 Å². The van der Waals surface area contributed by atoms with E-state index in [9.17, 15) is 4.79 Å². The molecule has 1 saturated heterocycles. The summed E-state index contributed by atoms with van der Waals surface area (Å²) in [6.07, 6.45) is 8.04. The number of ether oxygens (including phenoxy) is 1. The van der Waals surface area contributed by atoms with Gasteiger partial charge < -0.3 is 9.64 Å². The molecule has 0 radical (unpaired) electrons. The largest absolute Gasteiger partial charge is 0.446 e. The first-order chi connectivity index (χ1) is 14.9. The van der Waals surface area contributed by atoms with Crippen LogP contribution in [-0.2, 0) is 4.74 Å². The van der Waals surface area contributed by atoms with Gasteiger partial charge in [0.05, 0.1) is 6.07 Å². The van der Waals surface area contributed by atoms with Gasteiger partial charge in [-0.25, -0.2) is 9.80 Å². The van der Waals surface area contributed by atoms with Crippen LogP contribution >= 0.6 is 0 Å². The van der Waals surface area contributed by atoms with Crippen molar-refractivity contribution < 1.29 is 9.53 Å². The number of nitriles is 1. The second-order valence-electron chi connectivity index (χ2n) is 10.2. The van der Waals surface area contributed by atoms with Crippen molar-refractivity contribution in [3.05, 3.63) is 0 Å². The summed E-state index contributed by atoms with van der Waals surface area (Å²) in [5, 5.41) is 11.1. The van der Waals surface area contributed by atoms with Crippen molar-refractivity contribution in [3.8, 4) is 6.07 Å². The quantitative estimate of drug-likeness (QED) is 0.484. The van der Waals surface area contributed by atoms with Crippen LogP contribution in [0.1, 0.15) is 86.0 Å². The summed E-state index contributed by atoms with van der Waals surface area (Å²) in [5.74, 6) is 2.14. The maximum atomic E-state index is 13.3. The number of rotatable bonds is 11. The molecule has 5 atom stereocenters. The van der Waals surface area contributed by atoms with E-state index in [0.29, 0.717) is 30.1 Å². The number of carbonyl (C=O) groups excluding carboxylic acids is 1. The van der Waals surface area contributed by atoms with E-state index in [-0.39, 0.29) is 18.2 Å². The van der Waals surface area contributed by atoms with Crippen LogP contribution in [-0.4, -0.2) is 54.3 Å². The smallest absolute Gasteiger partial charge is 0.410 e. The van der Waals surface area contributed by atoms with Crippen molar-refractivity contribution in [2.75, 3.05) is 26.2 Å². The summed E-state index contributed by atoms with van der Waals surface area (Å²) >= 11 is 0. The van der Waals surface area contributed by atoms with Crippen molar-refractivity contribution in [2.24, 2.45) is 23.7 Å². The third-order valence-electron chi connectivity index (χ3n) is 7.19. The molecule has 1 amide bonds. The minimum absolute atomic E-state index is 0.0320. The van der Waals surface area contributed by atoms with Crippen LogP contribution in [0.25, 0.3) is 0 Å². The number of unbranched alkanes of at least 4 members (excludes halogenated alkanes) is 1. The Kier molecular flexibility index (Phi) is 11.1. The molecule has 178 valence electrons. The fourth-order valence-corrected chi connectivity index (χ4v) is 5.25. The molecule has 0 aromatic heterocycles. The SMILES string of the molecule is CCCCC(CC)OC(=O)N(CC(C)C)C1CC(C2CNN(CCC#N)C2)CCC1C. The maximum absolute atomic E-state index is 13.3. The molecular weight excluding hydrogens is 388 g/mol. The maximum Gasteiger partial charge on any atom is 0.410 e. The zero-order valence-corrected chi connectivity index (χ0v) is 20.6. The Morgan fingerprint density at radius 1 is 1.29 bits per heavy atom. The van der Waals surface area contributed by atoms with Crippen LogP contribution in [0.4, 0.5) is 4.79 Å². The van der Waals surface area contributed by atoms with Gasteiger partial charge in [-0.3, -0.25) is 5.43 Å². The average molecular weight is 435 g/mol. The molecule has 6 heteroatoms. The highest BCUT2D eigenvalue weighted by Crippen LogP contribution is 2.38. The molecule has 2 aliphatic rings. The Bertz CT molecular complexity index is 576. The van der Waals surface area contributed by atoms with Crippen molar-refractivity contribution in [3.63, 3.8) is 0 Å². The Morgan fingerprint density at radius 2 is 2.06 bits per heavy atom. The molecule has 2 rings (SSSR count). The first-order valence-electron chi connectivity index (χ1n) is 12.7.